The SMILES string of the molecule is COc1cccc(CCNC(=O)N2CCN(Cc3cccnc3)CC2)c1. The van der Waals surface area contributed by atoms with Crippen LogP contribution in [-0.4, -0.2) is 60.6 Å². The van der Waals surface area contributed by atoms with Crippen molar-refractivity contribution in [1.82, 2.24) is 20.1 Å². The Balaban J connectivity index is 1.38. The summed E-state index contributed by atoms with van der Waals surface area (Å²) >= 11 is 0. The van der Waals surface area contributed by atoms with Crippen molar-refractivity contribution in [1.29, 1.82) is 0 Å². The molecule has 6 nitrogen and oxygen atoms in total. The van der Waals surface area contributed by atoms with E-state index < -0.39 is 0 Å². The molecule has 1 saturated heterocycles. The van der Waals surface area contributed by atoms with Gasteiger partial charge in [0.2, 0.25) is 0 Å². The molecule has 1 N–H and O–H groups in total. The Kier molecular flexibility index (Phi) is 6.44. The standard InChI is InChI=1S/C20H26N4O2/c1-26-19-6-2-4-17(14-19)7-9-22-20(25)24-12-10-23(11-13-24)16-18-5-3-8-21-15-18/h2-6,8,14-15H,7,9-13,16H2,1H3,(H,22,25). The van der Waals surface area contributed by atoms with Crippen LogP contribution in [0, 0.1) is 0 Å². The van der Waals surface area contributed by atoms with E-state index in [1.807, 2.05) is 41.4 Å². The zero-order valence-electron chi connectivity index (χ0n) is 15.2. The van der Waals surface area contributed by atoms with Gasteiger partial charge in [0.25, 0.3) is 0 Å². The molecule has 1 aromatic heterocycles. The number of benzene rings is 1. The molecule has 0 radical (unpaired) electrons. The lowest BCUT2D eigenvalue weighted by Gasteiger charge is -2.34. The molecule has 0 bridgehead atoms. The molecule has 0 aliphatic carbocycles. The molecule has 26 heavy (non-hydrogen) atoms. The van der Waals surface area contributed by atoms with Gasteiger partial charge in [-0.05, 0) is 35.7 Å². The van der Waals surface area contributed by atoms with E-state index in [1.54, 1.807) is 13.3 Å². The molecule has 2 heterocycles. The zero-order valence-corrected chi connectivity index (χ0v) is 15.2. The lowest BCUT2D eigenvalue weighted by molar-refractivity contribution is 0.135. The number of carbonyl (C=O) groups is 1. The number of carbonyl (C=O) groups excluding carboxylic acids is 1. The third-order valence-electron chi connectivity index (χ3n) is 4.61. The summed E-state index contributed by atoms with van der Waals surface area (Å²) in [6.07, 6.45) is 4.48. The number of hydrogen-bond donors (Lipinski definition) is 1. The van der Waals surface area contributed by atoms with Crippen molar-refractivity contribution in [2.75, 3.05) is 39.8 Å². The van der Waals surface area contributed by atoms with Crippen molar-refractivity contribution in [3.63, 3.8) is 0 Å². The number of amides is 2. The van der Waals surface area contributed by atoms with E-state index >= 15 is 0 Å². The lowest BCUT2D eigenvalue weighted by atomic mass is 10.1. The first-order valence-electron chi connectivity index (χ1n) is 9.01. The van der Waals surface area contributed by atoms with E-state index in [9.17, 15) is 4.79 Å². The molecule has 6 heteroatoms. The molecule has 138 valence electrons. The number of nitrogens with one attached hydrogen (secondary N) is 1. The minimum Gasteiger partial charge on any atom is -0.497 e. The maximum Gasteiger partial charge on any atom is 0.317 e. The van der Waals surface area contributed by atoms with E-state index in [0.717, 1.165) is 50.5 Å². The van der Waals surface area contributed by atoms with Crippen LogP contribution in [-0.2, 0) is 13.0 Å². The average molecular weight is 354 g/mol. The van der Waals surface area contributed by atoms with Gasteiger partial charge < -0.3 is 15.0 Å². The minimum absolute atomic E-state index is 0.0222. The predicted octanol–water partition coefficient (Wildman–Crippen LogP) is 2.16. The van der Waals surface area contributed by atoms with Crippen molar-refractivity contribution in [2.45, 2.75) is 13.0 Å². The Morgan fingerprint density at radius 2 is 1.96 bits per heavy atom. The van der Waals surface area contributed by atoms with Crippen LogP contribution in [0.1, 0.15) is 11.1 Å². The summed E-state index contributed by atoms with van der Waals surface area (Å²) in [5.41, 5.74) is 2.37. The van der Waals surface area contributed by atoms with Gasteiger partial charge in [-0.15, -0.1) is 0 Å². The maximum absolute atomic E-state index is 12.3. The highest BCUT2D eigenvalue weighted by Crippen LogP contribution is 2.12. The maximum atomic E-state index is 12.3. The van der Waals surface area contributed by atoms with Gasteiger partial charge in [0, 0.05) is 51.7 Å². The number of piperazine rings is 1. The first kappa shape index (κ1) is 18.2. The van der Waals surface area contributed by atoms with Gasteiger partial charge >= 0.3 is 6.03 Å². The molecule has 1 aliphatic heterocycles. The highest BCUT2D eigenvalue weighted by molar-refractivity contribution is 5.74. The number of pyridine rings is 1. The Morgan fingerprint density at radius 1 is 1.15 bits per heavy atom. The Hall–Kier alpha value is -2.60. The predicted molar refractivity (Wildman–Crippen MR) is 101 cm³/mol. The Bertz CT molecular complexity index is 700. The average Bonchev–Trinajstić information content (AvgIpc) is 2.69. The molecule has 0 unspecified atom stereocenters. The van der Waals surface area contributed by atoms with Gasteiger partial charge in [0.1, 0.15) is 5.75 Å². The smallest absolute Gasteiger partial charge is 0.317 e. The van der Waals surface area contributed by atoms with Crippen molar-refractivity contribution < 1.29 is 9.53 Å². The third kappa shape index (κ3) is 5.20. The van der Waals surface area contributed by atoms with Gasteiger partial charge in [0.05, 0.1) is 7.11 Å². The topological polar surface area (TPSA) is 57.7 Å². The first-order chi connectivity index (χ1) is 12.7. The number of aromatic nitrogens is 1. The number of hydrogen-bond acceptors (Lipinski definition) is 4. The molecule has 0 saturated carbocycles. The fourth-order valence-corrected chi connectivity index (χ4v) is 3.11. The fraction of sp³-hybridized carbons (Fsp3) is 0.400. The highest BCUT2D eigenvalue weighted by Gasteiger charge is 2.20. The second kappa shape index (κ2) is 9.20. The van der Waals surface area contributed by atoms with Crippen LogP contribution in [0.25, 0.3) is 0 Å². The molecule has 1 aliphatic rings. The van der Waals surface area contributed by atoms with Crippen molar-refractivity contribution in [3.8, 4) is 5.75 Å². The second-order valence-electron chi connectivity index (χ2n) is 6.46. The summed E-state index contributed by atoms with van der Waals surface area (Å²) in [4.78, 5) is 20.7. The normalized spacial score (nSPS) is 14.9. The van der Waals surface area contributed by atoms with E-state index in [2.05, 4.69) is 21.3 Å². The van der Waals surface area contributed by atoms with Crippen molar-refractivity contribution >= 4 is 6.03 Å². The number of urea groups is 1. The number of rotatable bonds is 6. The summed E-state index contributed by atoms with van der Waals surface area (Å²) in [5, 5.41) is 3.02. The Labute approximate surface area is 154 Å². The first-order valence-corrected chi connectivity index (χ1v) is 9.01. The van der Waals surface area contributed by atoms with E-state index in [0.29, 0.717) is 6.54 Å². The quantitative estimate of drug-likeness (QED) is 0.864. The van der Waals surface area contributed by atoms with Crippen LogP contribution in [0.5, 0.6) is 5.75 Å². The van der Waals surface area contributed by atoms with E-state index in [1.165, 1.54) is 5.56 Å². The molecular formula is C20H26N4O2. The number of methoxy groups -OCH3 is 1. The van der Waals surface area contributed by atoms with Gasteiger partial charge in [-0.2, -0.15) is 0 Å². The van der Waals surface area contributed by atoms with Crippen LogP contribution in [0.3, 0.4) is 0 Å². The van der Waals surface area contributed by atoms with Gasteiger partial charge in [-0.25, -0.2) is 4.79 Å². The van der Waals surface area contributed by atoms with Crippen LogP contribution in [0.4, 0.5) is 4.79 Å². The summed E-state index contributed by atoms with van der Waals surface area (Å²) in [6.45, 7) is 4.80. The van der Waals surface area contributed by atoms with Crippen LogP contribution < -0.4 is 10.1 Å². The number of nitrogens with zero attached hydrogens (tertiary/aromatic N) is 3. The zero-order chi connectivity index (χ0) is 18.2. The molecule has 2 amide bonds. The summed E-state index contributed by atoms with van der Waals surface area (Å²) in [6, 6.07) is 12.0. The summed E-state index contributed by atoms with van der Waals surface area (Å²) in [7, 11) is 1.66. The number of ether oxygens (including phenoxy) is 1. The Morgan fingerprint density at radius 3 is 2.69 bits per heavy atom. The fourth-order valence-electron chi connectivity index (χ4n) is 3.11. The lowest BCUT2D eigenvalue weighted by Crippen LogP contribution is -2.51. The van der Waals surface area contributed by atoms with E-state index in [4.69, 9.17) is 4.74 Å². The van der Waals surface area contributed by atoms with Gasteiger partial charge in [0.15, 0.2) is 0 Å². The second-order valence-corrected chi connectivity index (χ2v) is 6.46. The van der Waals surface area contributed by atoms with Crippen LogP contribution in [0.2, 0.25) is 0 Å². The van der Waals surface area contributed by atoms with E-state index in [-0.39, 0.29) is 6.03 Å². The third-order valence-corrected chi connectivity index (χ3v) is 4.61. The molecule has 1 fully saturated rings. The minimum atomic E-state index is 0.0222. The largest absolute Gasteiger partial charge is 0.497 e. The summed E-state index contributed by atoms with van der Waals surface area (Å²) in [5.74, 6) is 0.846. The van der Waals surface area contributed by atoms with Crippen LogP contribution >= 0.6 is 0 Å². The molecular weight excluding hydrogens is 328 g/mol. The highest BCUT2D eigenvalue weighted by atomic mass is 16.5. The van der Waals surface area contributed by atoms with Crippen molar-refractivity contribution in [3.05, 3.63) is 59.9 Å². The molecule has 0 spiro atoms. The van der Waals surface area contributed by atoms with Gasteiger partial charge in [-0.1, -0.05) is 18.2 Å². The van der Waals surface area contributed by atoms with Crippen molar-refractivity contribution in [2.24, 2.45) is 0 Å². The monoisotopic (exact) mass is 354 g/mol. The molecule has 2 aromatic rings. The summed E-state index contributed by atoms with van der Waals surface area (Å²) < 4.78 is 5.23. The molecule has 1 aromatic carbocycles. The van der Waals surface area contributed by atoms with Gasteiger partial charge in [-0.3, -0.25) is 9.88 Å². The molecule has 0 atom stereocenters. The molecule has 3 rings (SSSR count). The van der Waals surface area contributed by atoms with Crippen LogP contribution in [0.15, 0.2) is 48.8 Å².